The standard InChI is InChI=1S/C30H31NO4/c1-19-28-22(17-31(18-34-28)16-21-8-12-24(33-5)13-9-21)15-25-27(32)26(35-29(19)25)14-20-6-10-23(11-7-20)30(2,3)4/h6-15H,16-18H2,1-5H3/b26-14-. The second-order valence-electron chi connectivity index (χ2n) is 10.3. The number of Topliss-reactive ketones (excluding diaryl/α,β-unsaturated/α-hetero) is 1. The van der Waals surface area contributed by atoms with Crippen molar-refractivity contribution in [1.29, 1.82) is 0 Å². The monoisotopic (exact) mass is 469 g/mol. The minimum atomic E-state index is -0.0851. The third-order valence-electron chi connectivity index (χ3n) is 6.64. The van der Waals surface area contributed by atoms with Crippen LogP contribution in [0.3, 0.4) is 0 Å². The van der Waals surface area contributed by atoms with E-state index >= 15 is 0 Å². The Bertz CT molecular complexity index is 1300. The SMILES string of the molecule is COc1ccc(CN2COc3c(cc4c(c3C)O/C(=C\c3ccc(C(C)(C)C)cc3)C4=O)C2)cc1. The van der Waals surface area contributed by atoms with E-state index in [0.29, 0.717) is 30.3 Å². The maximum absolute atomic E-state index is 13.2. The summed E-state index contributed by atoms with van der Waals surface area (Å²) in [6.45, 7) is 10.5. The van der Waals surface area contributed by atoms with Crippen LogP contribution < -0.4 is 14.2 Å². The molecule has 0 saturated carbocycles. The highest BCUT2D eigenvalue weighted by Crippen LogP contribution is 2.43. The van der Waals surface area contributed by atoms with Gasteiger partial charge in [0.15, 0.2) is 5.76 Å². The van der Waals surface area contributed by atoms with Gasteiger partial charge in [-0.25, -0.2) is 0 Å². The van der Waals surface area contributed by atoms with E-state index in [1.54, 1.807) is 7.11 Å². The number of carbonyl (C=O) groups is 1. The minimum absolute atomic E-state index is 0.0824. The predicted octanol–water partition coefficient (Wildman–Crippen LogP) is 6.27. The van der Waals surface area contributed by atoms with E-state index in [2.05, 4.69) is 49.9 Å². The second-order valence-corrected chi connectivity index (χ2v) is 10.3. The van der Waals surface area contributed by atoms with Crippen LogP contribution >= 0.6 is 0 Å². The number of carbonyl (C=O) groups excluding carboxylic acids is 1. The molecule has 180 valence electrons. The zero-order chi connectivity index (χ0) is 24.7. The van der Waals surface area contributed by atoms with Crippen LogP contribution in [0.1, 0.15) is 58.9 Å². The average molecular weight is 470 g/mol. The molecule has 0 N–H and O–H groups in total. The minimum Gasteiger partial charge on any atom is -0.497 e. The van der Waals surface area contributed by atoms with Crippen molar-refractivity contribution in [3.8, 4) is 17.2 Å². The van der Waals surface area contributed by atoms with Crippen LogP contribution in [-0.2, 0) is 18.5 Å². The summed E-state index contributed by atoms with van der Waals surface area (Å²) in [5, 5.41) is 0. The lowest BCUT2D eigenvalue weighted by atomic mass is 9.86. The van der Waals surface area contributed by atoms with Gasteiger partial charge >= 0.3 is 0 Å². The lowest BCUT2D eigenvalue weighted by molar-refractivity contribution is 0.0876. The molecule has 0 aromatic heterocycles. The highest BCUT2D eigenvalue weighted by atomic mass is 16.5. The molecule has 2 aliphatic rings. The molecule has 0 spiro atoms. The number of benzene rings is 3. The summed E-state index contributed by atoms with van der Waals surface area (Å²) in [5.41, 5.74) is 5.95. The van der Waals surface area contributed by atoms with E-state index in [1.165, 1.54) is 11.1 Å². The van der Waals surface area contributed by atoms with Crippen LogP contribution in [0.4, 0.5) is 0 Å². The van der Waals surface area contributed by atoms with E-state index in [-0.39, 0.29) is 11.2 Å². The Morgan fingerprint density at radius 3 is 2.40 bits per heavy atom. The van der Waals surface area contributed by atoms with Crippen LogP contribution in [0.5, 0.6) is 17.2 Å². The molecule has 3 aromatic carbocycles. The number of ether oxygens (including phenoxy) is 3. The zero-order valence-electron chi connectivity index (χ0n) is 21.0. The molecule has 0 saturated heterocycles. The highest BCUT2D eigenvalue weighted by molar-refractivity contribution is 6.15. The van der Waals surface area contributed by atoms with Gasteiger partial charge in [0, 0.05) is 24.2 Å². The van der Waals surface area contributed by atoms with Crippen LogP contribution in [0.2, 0.25) is 0 Å². The molecule has 0 bridgehead atoms. The number of allylic oxidation sites excluding steroid dienone is 1. The first-order chi connectivity index (χ1) is 16.7. The van der Waals surface area contributed by atoms with Gasteiger partial charge in [0.25, 0.3) is 0 Å². The molecule has 5 rings (SSSR count). The first kappa shape index (κ1) is 23.2. The number of hydrogen-bond acceptors (Lipinski definition) is 5. The molecule has 0 unspecified atom stereocenters. The summed E-state index contributed by atoms with van der Waals surface area (Å²) in [5.74, 6) is 2.53. The number of methoxy groups -OCH3 is 1. The lowest BCUT2D eigenvalue weighted by Gasteiger charge is -2.30. The quantitative estimate of drug-likeness (QED) is 0.422. The molecule has 2 heterocycles. The Balaban J connectivity index is 1.36. The molecule has 0 atom stereocenters. The average Bonchev–Trinajstić information content (AvgIpc) is 3.15. The largest absolute Gasteiger partial charge is 0.497 e. The van der Waals surface area contributed by atoms with Crippen LogP contribution in [-0.4, -0.2) is 24.5 Å². The lowest BCUT2D eigenvalue weighted by Crippen LogP contribution is -2.32. The van der Waals surface area contributed by atoms with Crippen LogP contribution in [0.25, 0.3) is 6.08 Å². The van der Waals surface area contributed by atoms with Gasteiger partial charge in [-0.1, -0.05) is 57.2 Å². The zero-order valence-corrected chi connectivity index (χ0v) is 21.0. The van der Waals surface area contributed by atoms with Crippen molar-refractivity contribution in [2.45, 2.75) is 46.2 Å². The van der Waals surface area contributed by atoms with Crippen molar-refractivity contribution >= 4 is 11.9 Å². The Hall–Kier alpha value is -3.57. The van der Waals surface area contributed by atoms with Crippen molar-refractivity contribution in [2.24, 2.45) is 0 Å². The third-order valence-corrected chi connectivity index (χ3v) is 6.64. The van der Waals surface area contributed by atoms with Crippen LogP contribution in [0.15, 0.2) is 60.4 Å². The Morgan fingerprint density at radius 1 is 1.03 bits per heavy atom. The van der Waals surface area contributed by atoms with E-state index in [0.717, 1.165) is 34.7 Å². The van der Waals surface area contributed by atoms with E-state index in [1.807, 2.05) is 43.3 Å². The van der Waals surface area contributed by atoms with Gasteiger partial charge in [-0.15, -0.1) is 0 Å². The summed E-state index contributed by atoms with van der Waals surface area (Å²) >= 11 is 0. The number of hydrogen-bond donors (Lipinski definition) is 0. The Morgan fingerprint density at radius 2 is 1.74 bits per heavy atom. The predicted molar refractivity (Wildman–Crippen MR) is 137 cm³/mol. The molecular weight excluding hydrogens is 438 g/mol. The molecule has 35 heavy (non-hydrogen) atoms. The second kappa shape index (κ2) is 8.90. The van der Waals surface area contributed by atoms with Gasteiger partial charge in [-0.3, -0.25) is 9.69 Å². The third kappa shape index (κ3) is 4.56. The molecule has 0 radical (unpaired) electrons. The number of nitrogens with zero attached hydrogens (tertiary/aromatic N) is 1. The summed E-state index contributed by atoms with van der Waals surface area (Å²) in [4.78, 5) is 15.5. The summed E-state index contributed by atoms with van der Waals surface area (Å²) < 4.78 is 17.5. The van der Waals surface area contributed by atoms with Gasteiger partial charge in [-0.05, 0) is 53.3 Å². The van der Waals surface area contributed by atoms with Gasteiger partial charge in [-0.2, -0.15) is 0 Å². The smallest absolute Gasteiger partial charge is 0.231 e. The van der Waals surface area contributed by atoms with Crippen molar-refractivity contribution in [3.05, 3.63) is 93.7 Å². The first-order valence-electron chi connectivity index (χ1n) is 11.9. The Labute approximate surface area is 206 Å². The fraction of sp³-hybridized carbons (Fsp3) is 0.300. The molecule has 0 aliphatic carbocycles. The number of fused-ring (bicyclic) bond motifs is 2. The topological polar surface area (TPSA) is 48.0 Å². The van der Waals surface area contributed by atoms with Gasteiger partial charge < -0.3 is 14.2 Å². The van der Waals surface area contributed by atoms with Crippen molar-refractivity contribution < 1.29 is 19.0 Å². The highest BCUT2D eigenvalue weighted by Gasteiger charge is 2.33. The summed E-state index contributed by atoms with van der Waals surface area (Å²) in [6, 6.07) is 18.3. The molecule has 2 aliphatic heterocycles. The summed E-state index contributed by atoms with van der Waals surface area (Å²) in [6.07, 6.45) is 1.82. The van der Waals surface area contributed by atoms with Gasteiger partial charge in [0.05, 0.1) is 12.7 Å². The van der Waals surface area contributed by atoms with Gasteiger partial charge in [0.1, 0.15) is 24.0 Å². The maximum atomic E-state index is 13.2. The van der Waals surface area contributed by atoms with Crippen molar-refractivity contribution in [3.63, 3.8) is 0 Å². The fourth-order valence-corrected chi connectivity index (χ4v) is 4.62. The molecule has 5 nitrogen and oxygen atoms in total. The molecule has 0 fully saturated rings. The van der Waals surface area contributed by atoms with E-state index in [9.17, 15) is 4.79 Å². The van der Waals surface area contributed by atoms with Crippen molar-refractivity contribution in [2.75, 3.05) is 13.8 Å². The normalized spacial score (nSPS) is 16.5. The molecule has 3 aromatic rings. The van der Waals surface area contributed by atoms with Crippen molar-refractivity contribution in [1.82, 2.24) is 4.90 Å². The molecule has 0 amide bonds. The fourth-order valence-electron chi connectivity index (χ4n) is 4.62. The molecule has 5 heteroatoms. The van der Waals surface area contributed by atoms with E-state index < -0.39 is 0 Å². The van der Waals surface area contributed by atoms with E-state index in [4.69, 9.17) is 14.2 Å². The summed E-state index contributed by atoms with van der Waals surface area (Å²) in [7, 11) is 1.67. The van der Waals surface area contributed by atoms with Gasteiger partial charge in [0.2, 0.25) is 5.78 Å². The molecular formula is C30H31NO4. The maximum Gasteiger partial charge on any atom is 0.231 e. The van der Waals surface area contributed by atoms with Crippen LogP contribution in [0, 0.1) is 6.92 Å². The number of rotatable bonds is 4. The first-order valence-corrected chi connectivity index (χ1v) is 11.9. The Kier molecular flexibility index (Phi) is 5.89. The number of ketones is 1.